The lowest BCUT2D eigenvalue weighted by Crippen LogP contribution is -2.14. The number of hydrogen-bond donors (Lipinski definition) is 0. The molecule has 0 unspecified atom stereocenters. The van der Waals surface area contributed by atoms with Crippen molar-refractivity contribution in [3.05, 3.63) is 34.9 Å². The zero-order valence-electron chi connectivity index (χ0n) is 7.81. The lowest BCUT2D eigenvalue weighted by molar-refractivity contribution is -0.110. The average molecular weight is 196 g/mol. The van der Waals surface area contributed by atoms with Crippen LogP contribution in [0.3, 0.4) is 0 Å². The van der Waals surface area contributed by atoms with Crippen LogP contribution in [0, 0.1) is 18.6 Å². The lowest BCUT2D eigenvalue weighted by atomic mass is 9.94. The van der Waals surface area contributed by atoms with Crippen LogP contribution in [0.2, 0.25) is 0 Å². The Morgan fingerprint density at radius 3 is 2.50 bits per heavy atom. The Labute approximate surface area is 80.7 Å². The van der Waals surface area contributed by atoms with Crippen LogP contribution >= 0.6 is 0 Å². The summed E-state index contributed by atoms with van der Waals surface area (Å²) in [6.45, 7) is 1.57. The van der Waals surface area contributed by atoms with Crippen molar-refractivity contribution in [2.75, 3.05) is 0 Å². The van der Waals surface area contributed by atoms with Gasteiger partial charge in [0.2, 0.25) is 0 Å². The zero-order chi connectivity index (χ0) is 10.3. The number of carbonyl (C=O) groups is 1. The summed E-state index contributed by atoms with van der Waals surface area (Å²) in [5.41, 5.74) is -0.540. The highest BCUT2D eigenvalue weighted by Gasteiger charge is 2.48. The van der Waals surface area contributed by atoms with E-state index in [1.165, 1.54) is 12.1 Å². The molecule has 1 aliphatic rings. The number of aryl methyl sites for hydroxylation is 1. The van der Waals surface area contributed by atoms with Crippen LogP contribution in [0.4, 0.5) is 8.78 Å². The summed E-state index contributed by atoms with van der Waals surface area (Å²) in [5, 5.41) is 0. The lowest BCUT2D eigenvalue weighted by Gasteiger charge is -2.11. The predicted molar refractivity (Wildman–Crippen MR) is 48.1 cm³/mol. The fraction of sp³-hybridized carbons (Fsp3) is 0.364. The van der Waals surface area contributed by atoms with Crippen molar-refractivity contribution in [3.63, 3.8) is 0 Å². The van der Waals surface area contributed by atoms with E-state index in [-0.39, 0.29) is 5.56 Å². The molecule has 1 nitrogen and oxygen atoms in total. The smallest absolute Gasteiger partial charge is 0.133 e. The third-order valence-corrected chi connectivity index (χ3v) is 2.80. The quantitative estimate of drug-likeness (QED) is 0.664. The SMILES string of the molecule is Cc1ccc(F)c(C2(C=O)CC2)c1F. The summed E-state index contributed by atoms with van der Waals surface area (Å²) in [6.07, 6.45) is 1.76. The molecule has 0 radical (unpaired) electrons. The Kier molecular flexibility index (Phi) is 1.91. The molecular weight excluding hydrogens is 186 g/mol. The van der Waals surface area contributed by atoms with Gasteiger partial charge in [-0.25, -0.2) is 8.78 Å². The molecule has 0 aliphatic heterocycles. The van der Waals surface area contributed by atoms with Gasteiger partial charge in [0.15, 0.2) is 0 Å². The Morgan fingerprint density at radius 1 is 1.36 bits per heavy atom. The number of aldehydes is 1. The maximum atomic E-state index is 13.6. The molecule has 0 spiro atoms. The van der Waals surface area contributed by atoms with Crippen LogP contribution in [0.5, 0.6) is 0 Å². The molecule has 1 aromatic rings. The van der Waals surface area contributed by atoms with E-state index in [2.05, 4.69) is 0 Å². The Balaban J connectivity index is 2.62. The molecule has 14 heavy (non-hydrogen) atoms. The summed E-state index contributed by atoms with van der Waals surface area (Å²) >= 11 is 0. The molecule has 0 amide bonds. The van der Waals surface area contributed by atoms with Gasteiger partial charge in [-0.1, -0.05) is 6.07 Å². The molecule has 0 bridgehead atoms. The van der Waals surface area contributed by atoms with Gasteiger partial charge in [-0.3, -0.25) is 0 Å². The van der Waals surface area contributed by atoms with Gasteiger partial charge >= 0.3 is 0 Å². The highest BCUT2D eigenvalue weighted by molar-refractivity contribution is 5.73. The monoisotopic (exact) mass is 196 g/mol. The molecule has 1 aliphatic carbocycles. The second kappa shape index (κ2) is 2.87. The predicted octanol–water partition coefficient (Wildman–Crippen LogP) is 2.50. The first-order valence-corrected chi connectivity index (χ1v) is 4.52. The molecule has 74 valence electrons. The van der Waals surface area contributed by atoms with Gasteiger partial charge in [0, 0.05) is 5.56 Å². The van der Waals surface area contributed by atoms with Gasteiger partial charge in [0.05, 0.1) is 5.41 Å². The van der Waals surface area contributed by atoms with Crippen molar-refractivity contribution in [1.82, 2.24) is 0 Å². The van der Waals surface area contributed by atoms with E-state index in [1.54, 1.807) is 6.92 Å². The summed E-state index contributed by atoms with van der Waals surface area (Å²) in [7, 11) is 0. The third-order valence-electron chi connectivity index (χ3n) is 2.80. The minimum absolute atomic E-state index is 0.0486. The van der Waals surface area contributed by atoms with Crippen LogP contribution in [-0.4, -0.2) is 6.29 Å². The third kappa shape index (κ3) is 1.15. The van der Waals surface area contributed by atoms with Gasteiger partial charge < -0.3 is 4.79 Å². The Hall–Kier alpha value is -1.25. The first kappa shape index (κ1) is 9.31. The second-order valence-electron chi connectivity index (χ2n) is 3.83. The maximum absolute atomic E-state index is 13.6. The summed E-state index contributed by atoms with van der Waals surface area (Å²) in [5.74, 6) is -1.19. The molecule has 0 N–H and O–H groups in total. The van der Waals surface area contributed by atoms with E-state index < -0.39 is 17.0 Å². The summed E-state index contributed by atoms with van der Waals surface area (Å²) in [4.78, 5) is 10.8. The topological polar surface area (TPSA) is 17.1 Å². The number of halogens is 2. The van der Waals surface area contributed by atoms with Crippen molar-refractivity contribution in [3.8, 4) is 0 Å². The van der Waals surface area contributed by atoms with Crippen molar-refractivity contribution in [2.45, 2.75) is 25.2 Å². The van der Waals surface area contributed by atoms with E-state index in [0.717, 1.165) is 0 Å². The van der Waals surface area contributed by atoms with Crippen molar-refractivity contribution in [2.24, 2.45) is 0 Å². The maximum Gasteiger partial charge on any atom is 0.133 e. The normalized spacial score (nSPS) is 17.9. The molecule has 0 atom stereocenters. The van der Waals surface area contributed by atoms with Gasteiger partial charge in [-0.05, 0) is 31.4 Å². The van der Waals surface area contributed by atoms with Gasteiger partial charge in [0.1, 0.15) is 17.9 Å². The van der Waals surface area contributed by atoms with Crippen LogP contribution in [-0.2, 0) is 10.2 Å². The minimum Gasteiger partial charge on any atom is -0.302 e. The molecule has 1 saturated carbocycles. The Morgan fingerprint density at radius 2 is 2.00 bits per heavy atom. The highest BCUT2D eigenvalue weighted by atomic mass is 19.1. The van der Waals surface area contributed by atoms with E-state index in [0.29, 0.717) is 24.7 Å². The Bertz CT molecular complexity index is 395. The molecule has 1 aromatic carbocycles. The second-order valence-corrected chi connectivity index (χ2v) is 3.83. The highest BCUT2D eigenvalue weighted by Crippen LogP contribution is 2.48. The van der Waals surface area contributed by atoms with E-state index >= 15 is 0 Å². The number of rotatable bonds is 2. The minimum atomic E-state index is -0.875. The van der Waals surface area contributed by atoms with Gasteiger partial charge in [0.25, 0.3) is 0 Å². The van der Waals surface area contributed by atoms with E-state index in [4.69, 9.17) is 0 Å². The number of benzene rings is 1. The summed E-state index contributed by atoms with van der Waals surface area (Å²) < 4.78 is 26.9. The fourth-order valence-corrected chi connectivity index (χ4v) is 1.67. The first-order valence-electron chi connectivity index (χ1n) is 4.52. The largest absolute Gasteiger partial charge is 0.302 e. The zero-order valence-corrected chi connectivity index (χ0v) is 7.81. The molecule has 0 heterocycles. The first-order chi connectivity index (χ1) is 6.60. The molecule has 0 saturated heterocycles. The number of hydrogen-bond acceptors (Lipinski definition) is 1. The fourth-order valence-electron chi connectivity index (χ4n) is 1.67. The van der Waals surface area contributed by atoms with Crippen LogP contribution in [0.15, 0.2) is 12.1 Å². The number of carbonyl (C=O) groups excluding carboxylic acids is 1. The van der Waals surface area contributed by atoms with E-state index in [9.17, 15) is 13.6 Å². The van der Waals surface area contributed by atoms with Crippen molar-refractivity contribution >= 4 is 6.29 Å². The molecule has 3 heteroatoms. The molecule has 0 aromatic heterocycles. The average Bonchev–Trinajstić information content (AvgIpc) is 2.93. The van der Waals surface area contributed by atoms with Crippen LogP contribution < -0.4 is 0 Å². The molecule has 1 fully saturated rings. The van der Waals surface area contributed by atoms with Gasteiger partial charge in [-0.2, -0.15) is 0 Å². The van der Waals surface area contributed by atoms with Crippen molar-refractivity contribution < 1.29 is 13.6 Å². The van der Waals surface area contributed by atoms with Crippen molar-refractivity contribution in [1.29, 1.82) is 0 Å². The van der Waals surface area contributed by atoms with Crippen LogP contribution in [0.1, 0.15) is 24.0 Å². The van der Waals surface area contributed by atoms with E-state index in [1.807, 2.05) is 0 Å². The molecule has 2 rings (SSSR count). The standard InChI is InChI=1S/C11H10F2O/c1-7-2-3-8(12)9(10(7)13)11(6-14)4-5-11/h2-3,6H,4-5H2,1H3. The van der Waals surface area contributed by atoms with Gasteiger partial charge in [-0.15, -0.1) is 0 Å². The van der Waals surface area contributed by atoms with Crippen LogP contribution in [0.25, 0.3) is 0 Å². The summed E-state index contributed by atoms with van der Waals surface area (Å²) in [6, 6.07) is 2.60. The molecular formula is C11H10F2O.